The van der Waals surface area contributed by atoms with E-state index in [1.807, 2.05) is 42.5 Å². The molecule has 0 spiro atoms. The number of carbonyl (C=O) groups excluding carboxylic acids is 3. The molecule has 3 aromatic carbocycles. The Kier molecular flexibility index (Phi) is 9.59. The van der Waals surface area contributed by atoms with Gasteiger partial charge in [-0.1, -0.05) is 54.5 Å². The minimum Gasteiger partial charge on any atom is -0.444 e. The first-order valence-electron chi connectivity index (χ1n) is 12.2. The van der Waals surface area contributed by atoms with Crippen LogP contribution >= 0.6 is 12.6 Å². The number of fused-ring (bicyclic) bond motifs is 1. The summed E-state index contributed by atoms with van der Waals surface area (Å²) in [7, 11) is 0. The summed E-state index contributed by atoms with van der Waals surface area (Å²) in [5, 5.41) is 16.9. The van der Waals surface area contributed by atoms with Gasteiger partial charge in [0.15, 0.2) is 0 Å². The summed E-state index contributed by atoms with van der Waals surface area (Å²) in [5.74, 6) is 1.18. The van der Waals surface area contributed by atoms with Crippen LogP contribution in [0.25, 0.3) is 10.8 Å². The number of nitrogens with one attached hydrogen (secondary N) is 2. The van der Waals surface area contributed by atoms with Gasteiger partial charge in [0.1, 0.15) is 24.2 Å². The second kappa shape index (κ2) is 12.9. The third kappa shape index (κ3) is 7.53. The zero-order valence-electron chi connectivity index (χ0n) is 22.0. The number of thiol groups is 1. The van der Waals surface area contributed by atoms with Gasteiger partial charge in [-0.25, -0.2) is 4.79 Å². The molecule has 0 aromatic heterocycles. The zero-order valence-corrected chi connectivity index (χ0v) is 22.9. The van der Waals surface area contributed by atoms with Crippen molar-refractivity contribution in [3.63, 3.8) is 0 Å². The monoisotopic (exact) mass is 542 g/mol. The largest absolute Gasteiger partial charge is 0.444 e. The number of carbonyl (C=O) groups is 3. The van der Waals surface area contributed by atoms with E-state index in [-0.39, 0.29) is 5.75 Å². The van der Waals surface area contributed by atoms with Crippen LogP contribution in [-0.2, 0) is 14.3 Å². The maximum absolute atomic E-state index is 13.8. The molecule has 8 nitrogen and oxygen atoms in total. The van der Waals surface area contributed by atoms with E-state index in [1.165, 1.54) is 0 Å². The fourth-order valence-corrected chi connectivity index (χ4v) is 4.25. The fraction of sp³-hybridized carbons (Fsp3) is 0.267. The summed E-state index contributed by atoms with van der Waals surface area (Å²) in [6.07, 6.45) is 4.90. The molecule has 0 fully saturated rings. The molecule has 3 rings (SSSR count). The topological polar surface area (TPSA) is 112 Å². The SMILES string of the molecule is C#Cc1ccccc1C(C(=O)Nc1ccc2ccccc2c1)N(CC#N)C(=O)C(CS)NC(=O)OC(C)(C)C. The number of terminal acetylenes is 1. The minimum atomic E-state index is -1.28. The van der Waals surface area contributed by atoms with Crippen molar-refractivity contribution in [2.24, 2.45) is 0 Å². The van der Waals surface area contributed by atoms with Gasteiger partial charge in [-0.15, -0.1) is 6.42 Å². The molecule has 0 bridgehead atoms. The van der Waals surface area contributed by atoms with Crippen molar-refractivity contribution in [1.29, 1.82) is 5.26 Å². The lowest BCUT2D eigenvalue weighted by molar-refractivity contribution is -0.139. The van der Waals surface area contributed by atoms with Gasteiger partial charge in [0.2, 0.25) is 5.91 Å². The number of hydrogen-bond donors (Lipinski definition) is 3. The fourth-order valence-electron chi connectivity index (χ4n) is 4.00. The first kappa shape index (κ1) is 29.1. The van der Waals surface area contributed by atoms with Crippen molar-refractivity contribution < 1.29 is 19.1 Å². The molecule has 0 heterocycles. The second-order valence-corrected chi connectivity index (χ2v) is 10.1. The van der Waals surface area contributed by atoms with Crippen molar-refractivity contribution in [1.82, 2.24) is 10.2 Å². The molecule has 0 aliphatic carbocycles. The Hall–Kier alpha value is -4.47. The Morgan fingerprint density at radius 3 is 2.36 bits per heavy atom. The van der Waals surface area contributed by atoms with Gasteiger partial charge in [-0.3, -0.25) is 9.59 Å². The number of nitriles is 1. The Morgan fingerprint density at radius 2 is 1.72 bits per heavy atom. The molecule has 2 unspecified atom stereocenters. The third-order valence-electron chi connectivity index (χ3n) is 5.68. The molecule has 0 saturated heterocycles. The highest BCUT2D eigenvalue weighted by atomic mass is 32.1. The van der Waals surface area contributed by atoms with E-state index in [9.17, 15) is 19.6 Å². The predicted octanol–water partition coefficient (Wildman–Crippen LogP) is 4.68. The number of alkyl carbamates (subject to hydrolysis) is 1. The minimum absolute atomic E-state index is 0.101. The lowest BCUT2D eigenvalue weighted by Crippen LogP contribution is -2.53. The van der Waals surface area contributed by atoms with E-state index in [4.69, 9.17) is 11.2 Å². The van der Waals surface area contributed by atoms with Crippen molar-refractivity contribution in [2.45, 2.75) is 38.5 Å². The van der Waals surface area contributed by atoms with Crippen LogP contribution in [0.3, 0.4) is 0 Å². The summed E-state index contributed by atoms with van der Waals surface area (Å²) in [6, 6.07) is 19.3. The highest BCUT2D eigenvalue weighted by Crippen LogP contribution is 2.28. The molecule has 3 amide bonds. The summed E-state index contributed by atoms with van der Waals surface area (Å²) in [6.45, 7) is 4.62. The maximum Gasteiger partial charge on any atom is 0.408 e. The zero-order chi connectivity index (χ0) is 28.6. The van der Waals surface area contributed by atoms with Gasteiger partial charge in [-0.05, 0) is 55.3 Å². The maximum atomic E-state index is 13.8. The molecule has 9 heteroatoms. The van der Waals surface area contributed by atoms with Crippen molar-refractivity contribution >= 4 is 47.0 Å². The molecule has 200 valence electrons. The average Bonchev–Trinajstić information content (AvgIpc) is 2.90. The van der Waals surface area contributed by atoms with Gasteiger partial charge in [0, 0.05) is 17.0 Å². The summed E-state index contributed by atoms with van der Waals surface area (Å²) in [5.41, 5.74) is 0.449. The number of anilines is 1. The van der Waals surface area contributed by atoms with E-state index in [0.29, 0.717) is 16.8 Å². The number of hydrogen-bond acceptors (Lipinski definition) is 6. The molecular formula is C30H30N4O4S. The molecule has 3 aromatic rings. The second-order valence-electron chi connectivity index (χ2n) is 9.69. The first-order valence-corrected chi connectivity index (χ1v) is 12.8. The molecule has 2 atom stereocenters. The van der Waals surface area contributed by atoms with E-state index < -0.39 is 42.1 Å². The summed E-state index contributed by atoms with van der Waals surface area (Å²) in [4.78, 5) is 41.1. The summed E-state index contributed by atoms with van der Waals surface area (Å²) < 4.78 is 5.28. The highest BCUT2D eigenvalue weighted by Gasteiger charge is 2.37. The summed E-state index contributed by atoms with van der Waals surface area (Å²) >= 11 is 4.23. The number of benzene rings is 3. The lowest BCUT2D eigenvalue weighted by atomic mass is 9.97. The van der Waals surface area contributed by atoms with Crippen molar-refractivity contribution in [3.05, 3.63) is 77.9 Å². The molecule has 39 heavy (non-hydrogen) atoms. The number of amides is 3. The van der Waals surface area contributed by atoms with E-state index in [1.54, 1.807) is 51.1 Å². The molecule has 0 aliphatic heterocycles. The van der Waals surface area contributed by atoms with Crippen molar-refractivity contribution in [3.8, 4) is 18.4 Å². The normalized spacial score (nSPS) is 12.4. The molecule has 0 radical (unpaired) electrons. The van der Waals surface area contributed by atoms with Gasteiger partial charge in [0.25, 0.3) is 5.91 Å². The van der Waals surface area contributed by atoms with Gasteiger partial charge in [-0.2, -0.15) is 17.9 Å². The Bertz CT molecular complexity index is 1450. The van der Waals surface area contributed by atoms with Crippen LogP contribution < -0.4 is 10.6 Å². The Morgan fingerprint density at radius 1 is 1.05 bits per heavy atom. The average molecular weight is 543 g/mol. The molecular weight excluding hydrogens is 512 g/mol. The van der Waals surface area contributed by atoms with Crippen LogP contribution in [0.4, 0.5) is 10.5 Å². The Labute approximate surface area is 233 Å². The van der Waals surface area contributed by atoms with Crippen LogP contribution in [0.2, 0.25) is 0 Å². The predicted molar refractivity (Wildman–Crippen MR) is 154 cm³/mol. The van der Waals surface area contributed by atoms with E-state index >= 15 is 0 Å². The quantitative estimate of drug-likeness (QED) is 0.218. The molecule has 0 aliphatic rings. The van der Waals surface area contributed by atoms with Gasteiger partial charge in [0.05, 0.1) is 6.07 Å². The Balaban J connectivity index is 2.02. The number of rotatable bonds is 8. The third-order valence-corrected chi connectivity index (χ3v) is 6.05. The lowest BCUT2D eigenvalue weighted by Gasteiger charge is -2.33. The van der Waals surface area contributed by atoms with Crippen molar-refractivity contribution in [2.75, 3.05) is 17.6 Å². The first-order chi connectivity index (χ1) is 18.6. The van der Waals surface area contributed by atoms with Crippen LogP contribution in [0, 0.1) is 23.7 Å². The smallest absolute Gasteiger partial charge is 0.408 e. The number of nitrogens with zero attached hydrogens (tertiary/aromatic N) is 2. The van der Waals surface area contributed by atoms with Crippen LogP contribution in [0.1, 0.15) is 37.9 Å². The van der Waals surface area contributed by atoms with Crippen LogP contribution in [-0.4, -0.2) is 46.7 Å². The van der Waals surface area contributed by atoms with Gasteiger partial charge < -0.3 is 20.3 Å². The van der Waals surface area contributed by atoms with E-state index in [2.05, 4.69) is 29.2 Å². The standard InChI is InChI=1S/C30H30N4O4S/c1-5-20-10-8-9-13-24(20)26(27(35)32-23-15-14-21-11-6-7-12-22(21)18-23)34(17-16-31)28(36)25(19-39)33-29(37)38-30(2,3)4/h1,6-15,18,25-26,39H,17,19H2,2-4H3,(H,32,35)(H,33,37). The van der Waals surface area contributed by atoms with Crippen LogP contribution in [0.15, 0.2) is 66.7 Å². The van der Waals surface area contributed by atoms with Gasteiger partial charge >= 0.3 is 6.09 Å². The molecule has 2 N–H and O–H groups in total. The number of ether oxygens (including phenoxy) is 1. The molecule has 0 saturated carbocycles. The van der Waals surface area contributed by atoms with E-state index in [0.717, 1.165) is 15.7 Å². The van der Waals surface area contributed by atoms with Crippen LogP contribution in [0.5, 0.6) is 0 Å². The highest BCUT2D eigenvalue weighted by molar-refractivity contribution is 7.80.